The maximum absolute atomic E-state index is 12.6. The molecule has 0 aromatic carbocycles. The Morgan fingerprint density at radius 1 is 1.61 bits per heavy atom. The van der Waals surface area contributed by atoms with Crippen molar-refractivity contribution in [2.45, 2.75) is 39.2 Å². The predicted molar refractivity (Wildman–Crippen MR) is 71.6 cm³/mol. The quantitative estimate of drug-likeness (QED) is 0.897. The van der Waals surface area contributed by atoms with Crippen molar-refractivity contribution in [1.82, 2.24) is 14.5 Å². The SMILES string of the molecule is CCc1nnsc1C(=O)N1CCCC(C)C1CN. The topological polar surface area (TPSA) is 72.1 Å². The molecule has 100 valence electrons. The number of hydrogen-bond acceptors (Lipinski definition) is 5. The Labute approximate surface area is 112 Å². The molecule has 0 saturated carbocycles. The van der Waals surface area contributed by atoms with Crippen LogP contribution in [0.1, 0.15) is 42.1 Å². The van der Waals surface area contributed by atoms with Crippen molar-refractivity contribution < 1.29 is 4.79 Å². The van der Waals surface area contributed by atoms with Gasteiger partial charge in [0.25, 0.3) is 5.91 Å². The Morgan fingerprint density at radius 2 is 2.39 bits per heavy atom. The molecule has 0 bridgehead atoms. The van der Waals surface area contributed by atoms with Crippen LogP contribution in [0.4, 0.5) is 0 Å². The Kier molecular flexibility index (Phi) is 4.29. The van der Waals surface area contributed by atoms with Crippen molar-refractivity contribution in [1.29, 1.82) is 0 Å². The van der Waals surface area contributed by atoms with Crippen LogP contribution in [0.25, 0.3) is 0 Å². The van der Waals surface area contributed by atoms with Gasteiger partial charge in [-0.25, -0.2) is 0 Å². The highest BCUT2D eigenvalue weighted by molar-refractivity contribution is 7.08. The average Bonchev–Trinajstić information content (AvgIpc) is 2.85. The van der Waals surface area contributed by atoms with E-state index in [0.717, 1.165) is 31.5 Å². The molecule has 2 heterocycles. The van der Waals surface area contributed by atoms with Crippen LogP contribution in [-0.4, -0.2) is 39.5 Å². The van der Waals surface area contributed by atoms with Gasteiger partial charge in [0.05, 0.1) is 5.69 Å². The number of nitrogens with two attached hydrogens (primary N) is 1. The van der Waals surface area contributed by atoms with Gasteiger partial charge in [0, 0.05) is 19.1 Å². The van der Waals surface area contributed by atoms with Crippen LogP contribution in [0.2, 0.25) is 0 Å². The van der Waals surface area contributed by atoms with Gasteiger partial charge in [0.1, 0.15) is 4.88 Å². The van der Waals surface area contributed by atoms with Gasteiger partial charge in [-0.2, -0.15) is 0 Å². The van der Waals surface area contributed by atoms with E-state index >= 15 is 0 Å². The molecule has 1 aliphatic rings. The van der Waals surface area contributed by atoms with E-state index in [4.69, 9.17) is 5.73 Å². The van der Waals surface area contributed by atoms with Crippen LogP contribution < -0.4 is 5.73 Å². The van der Waals surface area contributed by atoms with E-state index < -0.39 is 0 Å². The molecule has 2 N–H and O–H groups in total. The lowest BCUT2D eigenvalue weighted by atomic mass is 9.90. The molecular weight excluding hydrogens is 248 g/mol. The molecule has 1 amide bonds. The third kappa shape index (κ3) is 2.40. The van der Waals surface area contributed by atoms with Gasteiger partial charge in [-0.05, 0) is 36.7 Å². The van der Waals surface area contributed by atoms with Crippen molar-refractivity contribution >= 4 is 17.4 Å². The van der Waals surface area contributed by atoms with E-state index in [1.165, 1.54) is 11.5 Å². The fourth-order valence-electron chi connectivity index (χ4n) is 2.59. The minimum absolute atomic E-state index is 0.0591. The summed E-state index contributed by atoms with van der Waals surface area (Å²) in [5.74, 6) is 0.530. The summed E-state index contributed by atoms with van der Waals surface area (Å²) < 4.78 is 3.89. The Morgan fingerprint density at radius 3 is 3.06 bits per heavy atom. The van der Waals surface area contributed by atoms with Crippen LogP contribution in [0.5, 0.6) is 0 Å². The number of aryl methyl sites for hydroxylation is 1. The summed E-state index contributed by atoms with van der Waals surface area (Å²) in [6.07, 6.45) is 2.94. The second kappa shape index (κ2) is 5.75. The summed E-state index contributed by atoms with van der Waals surface area (Å²) in [7, 11) is 0. The van der Waals surface area contributed by atoms with Crippen LogP contribution in [0.15, 0.2) is 0 Å². The first-order valence-corrected chi connectivity index (χ1v) is 7.28. The lowest BCUT2D eigenvalue weighted by Gasteiger charge is -2.39. The molecule has 0 spiro atoms. The molecule has 6 heteroatoms. The fraction of sp³-hybridized carbons (Fsp3) is 0.750. The Bertz CT molecular complexity index is 420. The highest BCUT2D eigenvalue weighted by atomic mass is 32.1. The van der Waals surface area contributed by atoms with Gasteiger partial charge >= 0.3 is 0 Å². The predicted octanol–water partition coefficient (Wildman–Crippen LogP) is 1.30. The highest BCUT2D eigenvalue weighted by Crippen LogP contribution is 2.25. The first kappa shape index (κ1) is 13.4. The molecule has 0 radical (unpaired) electrons. The number of hydrogen-bond donors (Lipinski definition) is 1. The van der Waals surface area contributed by atoms with Crippen molar-refractivity contribution in [3.8, 4) is 0 Å². The highest BCUT2D eigenvalue weighted by Gasteiger charge is 2.33. The molecular formula is C12H20N4OS. The molecule has 1 saturated heterocycles. The van der Waals surface area contributed by atoms with Crippen LogP contribution in [0.3, 0.4) is 0 Å². The number of amides is 1. The second-order valence-corrected chi connectivity index (χ2v) is 5.58. The van der Waals surface area contributed by atoms with Crippen LogP contribution in [0, 0.1) is 5.92 Å². The van der Waals surface area contributed by atoms with Gasteiger partial charge in [-0.1, -0.05) is 18.3 Å². The van der Waals surface area contributed by atoms with Crippen molar-refractivity contribution in [3.05, 3.63) is 10.6 Å². The molecule has 1 fully saturated rings. The third-order valence-corrected chi connectivity index (χ3v) is 4.46. The summed E-state index contributed by atoms with van der Waals surface area (Å²) >= 11 is 1.20. The minimum atomic E-state index is 0.0591. The summed E-state index contributed by atoms with van der Waals surface area (Å²) in [6.45, 7) is 5.49. The fourth-order valence-corrected chi connectivity index (χ4v) is 3.30. The first-order valence-electron chi connectivity index (χ1n) is 6.51. The number of likely N-dealkylation sites (tertiary alicyclic amines) is 1. The molecule has 18 heavy (non-hydrogen) atoms. The summed E-state index contributed by atoms with van der Waals surface area (Å²) in [5, 5.41) is 4.01. The van der Waals surface area contributed by atoms with E-state index in [2.05, 4.69) is 16.5 Å². The normalized spacial score (nSPS) is 24.3. The maximum Gasteiger partial charge on any atom is 0.267 e. The standard InChI is InChI=1S/C12H20N4OS/c1-3-9-11(18-15-14-9)12(17)16-6-4-5-8(2)10(16)7-13/h8,10H,3-7,13H2,1-2H3. The molecule has 0 aliphatic carbocycles. The number of carbonyl (C=O) groups excluding carboxylic acids is 1. The third-order valence-electron chi connectivity index (χ3n) is 3.70. The number of aromatic nitrogens is 2. The van der Waals surface area contributed by atoms with E-state index in [1.807, 2.05) is 11.8 Å². The number of piperidine rings is 1. The van der Waals surface area contributed by atoms with Crippen molar-refractivity contribution in [3.63, 3.8) is 0 Å². The van der Waals surface area contributed by atoms with E-state index in [-0.39, 0.29) is 11.9 Å². The number of nitrogens with zero attached hydrogens (tertiary/aromatic N) is 3. The van der Waals surface area contributed by atoms with Gasteiger partial charge in [0.15, 0.2) is 0 Å². The van der Waals surface area contributed by atoms with Crippen LogP contribution >= 0.6 is 11.5 Å². The van der Waals surface area contributed by atoms with Gasteiger partial charge in [0.2, 0.25) is 0 Å². The zero-order valence-electron chi connectivity index (χ0n) is 10.9. The lowest BCUT2D eigenvalue weighted by Crippen LogP contribution is -2.51. The van der Waals surface area contributed by atoms with Crippen molar-refractivity contribution in [2.75, 3.05) is 13.1 Å². The molecule has 1 aliphatic heterocycles. The van der Waals surface area contributed by atoms with Gasteiger partial charge < -0.3 is 10.6 Å². The average molecular weight is 268 g/mol. The van der Waals surface area contributed by atoms with Gasteiger partial charge in [-0.15, -0.1) is 5.10 Å². The molecule has 5 nitrogen and oxygen atoms in total. The first-order chi connectivity index (χ1) is 8.69. The minimum Gasteiger partial charge on any atom is -0.333 e. The molecule has 2 atom stereocenters. The molecule has 2 rings (SSSR count). The zero-order chi connectivity index (χ0) is 13.1. The van der Waals surface area contributed by atoms with Gasteiger partial charge in [-0.3, -0.25) is 4.79 Å². The summed E-state index contributed by atoms with van der Waals surface area (Å²) in [5.41, 5.74) is 6.63. The van der Waals surface area contributed by atoms with Crippen LogP contribution in [-0.2, 0) is 6.42 Å². The van der Waals surface area contributed by atoms with E-state index in [1.54, 1.807) is 0 Å². The lowest BCUT2D eigenvalue weighted by molar-refractivity contribution is 0.0536. The maximum atomic E-state index is 12.6. The molecule has 1 aromatic heterocycles. The molecule has 2 unspecified atom stereocenters. The zero-order valence-corrected chi connectivity index (χ0v) is 11.7. The number of carbonyl (C=O) groups is 1. The summed E-state index contributed by atoms with van der Waals surface area (Å²) in [4.78, 5) is 15.2. The Balaban J connectivity index is 2.21. The Hall–Kier alpha value is -1.01. The van der Waals surface area contributed by atoms with E-state index in [9.17, 15) is 4.79 Å². The summed E-state index contributed by atoms with van der Waals surface area (Å²) in [6, 6.07) is 0.151. The smallest absolute Gasteiger partial charge is 0.267 e. The van der Waals surface area contributed by atoms with Crippen molar-refractivity contribution in [2.24, 2.45) is 11.7 Å². The number of rotatable bonds is 3. The monoisotopic (exact) mass is 268 g/mol. The molecule has 1 aromatic rings. The largest absolute Gasteiger partial charge is 0.333 e. The van der Waals surface area contributed by atoms with E-state index in [0.29, 0.717) is 17.3 Å². The second-order valence-electron chi connectivity index (χ2n) is 4.82.